The summed E-state index contributed by atoms with van der Waals surface area (Å²) >= 11 is 0. The number of hydrogen-bond donors (Lipinski definition) is 1. The van der Waals surface area contributed by atoms with Gasteiger partial charge in [-0.05, 0) is 60.3 Å². The fourth-order valence-electron chi connectivity index (χ4n) is 2.84. The lowest BCUT2D eigenvalue weighted by Crippen LogP contribution is -2.50. The van der Waals surface area contributed by atoms with Gasteiger partial charge in [0.1, 0.15) is 0 Å². The number of nitrogens with one attached hydrogen (secondary N) is 1. The molecule has 1 N–H and O–H groups in total. The van der Waals surface area contributed by atoms with Gasteiger partial charge in [-0.1, -0.05) is 28.9 Å². The summed E-state index contributed by atoms with van der Waals surface area (Å²) in [5.74, 6) is 0.000696. The number of rotatable bonds is 9. The van der Waals surface area contributed by atoms with E-state index in [1.54, 1.807) is 6.08 Å². The van der Waals surface area contributed by atoms with Crippen molar-refractivity contribution in [1.82, 2.24) is 10.2 Å². The number of ether oxygens (including phenoxy) is 1. The Labute approximate surface area is 154 Å². The molecule has 0 aliphatic carbocycles. The fourth-order valence-corrected chi connectivity index (χ4v) is 2.84. The molecule has 1 aliphatic rings. The molecule has 1 aliphatic heterocycles. The van der Waals surface area contributed by atoms with Crippen LogP contribution in [0.25, 0.3) is 0 Å². The monoisotopic (exact) mass is 348 g/mol. The molecule has 0 aromatic rings. The molecule has 25 heavy (non-hydrogen) atoms. The van der Waals surface area contributed by atoms with Gasteiger partial charge >= 0.3 is 0 Å². The SMILES string of the molecule is CC(C)=CCCC(C)=CCCC(C)=CC(=O)NC(C)N1CCOCC1. The summed E-state index contributed by atoms with van der Waals surface area (Å²) in [6.07, 6.45) is 10.5. The summed E-state index contributed by atoms with van der Waals surface area (Å²) in [4.78, 5) is 14.4. The highest BCUT2D eigenvalue weighted by atomic mass is 16.5. The predicted molar refractivity (Wildman–Crippen MR) is 105 cm³/mol. The Hall–Kier alpha value is -1.39. The highest BCUT2D eigenvalue weighted by molar-refractivity contribution is 5.88. The molecule has 0 saturated carbocycles. The molecule has 1 amide bonds. The molecule has 1 atom stereocenters. The standard InChI is InChI=1S/C21H36N2O2/c1-17(2)8-6-9-18(3)10-7-11-19(4)16-21(24)22-20(5)23-12-14-25-15-13-23/h8,10,16,20H,6-7,9,11-15H2,1-5H3,(H,22,24). The van der Waals surface area contributed by atoms with Gasteiger partial charge in [0.2, 0.25) is 5.91 Å². The maximum Gasteiger partial charge on any atom is 0.245 e. The van der Waals surface area contributed by atoms with Crippen molar-refractivity contribution in [2.45, 2.75) is 66.5 Å². The molecular formula is C21H36N2O2. The third kappa shape index (κ3) is 10.3. The largest absolute Gasteiger partial charge is 0.379 e. The molecule has 1 saturated heterocycles. The first kappa shape index (κ1) is 21.7. The van der Waals surface area contributed by atoms with Crippen molar-refractivity contribution in [3.8, 4) is 0 Å². The molecule has 142 valence electrons. The highest BCUT2D eigenvalue weighted by Crippen LogP contribution is 2.11. The van der Waals surface area contributed by atoms with E-state index in [0.29, 0.717) is 0 Å². The Bertz CT molecular complexity index is 496. The van der Waals surface area contributed by atoms with Gasteiger partial charge in [-0.2, -0.15) is 0 Å². The van der Waals surface area contributed by atoms with Gasteiger partial charge in [-0.3, -0.25) is 9.69 Å². The van der Waals surface area contributed by atoms with E-state index in [9.17, 15) is 4.79 Å². The molecule has 4 nitrogen and oxygen atoms in total. The summed E-state index contributed by atoms with van der Waals surface area (Å²) in [6, 6.07) is 0. The second kappa shape index (κ2) is 12.0. The van der Waals surface area contributed by atoms with E-state index in [0.717, 1.165) is 57.6 Å². The van der Waals surface area contributed by atoms with Crippen LogP contribution >= 0.6 is 0 Å². The predicted octanol–water partition coefficient (Wildman–Crippen LogP) is 4.20. The van der Waals surface area contributed by atoms with E-state index in [1.807, 2.05) is 13.8 Å². The molecule has 4 heteroatoms. The molecule has 1 rings (SSSR count). The highest BCUT2D eigenvalue weighted by Gasteiger charge is 2.17. The van der Waals surface area contributed by atoms with Crippen molar-refractivity contribution in [2.75, 3.05) is 26.3 Å². The van der Waals surface area contributed by atoms with E-state index in [1.165, 1.54) is 11.1 Å². The molecule has 0 spiro atoms. The molecule has 1 fully saturated rings. The third-order valence-corrected chi connectivity index (χ3v) is 4.44. The number of hydrogen-bond acceptors (Lipinski definition) is 3. The number of allylic oxidation sites excluding steroid dienone is 5. The van der Waals surface area contributed by atoms with Crippen molar-refractivity contribution >= 4 is 5.91 Å². The fraction of sp³-hybridized carbons (Fsp3) is 0.667. The maximum atomic E-state index is 12.1. The summed E-state index contributed by atoms with van der Waals surface area (Å²) in [6.45, 7) is 13.8. The van der Waals surface area contributed by atoms with Crippen LogP contribution < -0.4 is 5.32 Å². The number of carbonyl (C=O) groups is 1. The van der Waals surface area contributed by atoms with Gasteiger partial charge < -0.3 is 10.1 Å². The van der Waals surface area contributed by atoms with Crippen LogP contribution in [0.1, 0.15) is 60.3 Å². The minimum absolute atomic E-state index is 0.000696. The van der Waals surface area contributed by atoms with Gasteiger partial charge in [0, 0.05) is 19.2 Å². The van der Waals surface area contributed by atoms with Crippen LogP contribution in [0.2, 0.25) is 0 Å². The van der Waals surface area contributed by atoms with Gasteiger partial charge in [-0.25, -0.2) is 0 Å². The zero-order valence-corrected chi connectivity index (χ0v) is 16.7. The number of morpholine rings is 1. The summed E-state index contributed by atoms with van der Waals surface area (Å²) in [5.41, 5.74) is 3.93. The van der Waals surface area contributed by atoms with Crippen LogP contribution in [0.5, 0.6) is 0 Å². The summed E-state index contributed by atoms with van der Waals surface area (Å²) in [5, 5.41) is 3.05. The Kier molecular flexibility index (Phi) is 10.4. The van der Waals surface area contributed by atoms with E-state index in [2.05, 4.69) is 43.1 Å². The molecule has 1 heterocycles. The van der Waals surface area contributed by atoms with E-state index in [4.69, 9.17) is 4.74 Å². The van der Waals surface area contributed by atoms with Gasteiger partial charge in [0.05, 0.1) is 19.4 Å². The van der Waals surface area contributed by atoms with Crippen LogP contribution in [-0.4, -0.2) is 43.3 Å². The first-order valence-corrected chi connectivity index (χ1v) is 9.47. The molecular weight excluding hydrogens is 312 g/mol. The number of nitrogens with zero attached hydrogens (tertiary/aromatic N) is 1. The lowest BCUT2D eigenvalue weighted by atomic mass is 10.1. The van der Waals surface area contributed by atoms with Crippen LogP contribution in [0.15, 0.2) is 34.9 Å². The van der Waals surface area contributed by atoms with Crippen molar-refractivity contribution in [3.63, 3.8) is 0 Å². The summed E-state index contributed by atoms with van der Waals surface area (Å²) in [7, 11) is 0. The Morgan fingerprint density at radius 1 is 1.04 bits per heavy atom. The first-order chi connectivity index (χ1) is 11.9. The van der Waals surface area contributed by atoms with Crippen LogP contribution in [0.3, 0.4) is 0 Å². The smallest absolute Gasteiger partial charge is 0.245 e. The Morgan fingerprint density at radius 3 is 2.28 bits per heavy atom. The van der Waals surface area contributed by atoms with E-state index >= 15 is 0 Å². The lowest BCUT2D eigenvalue weighted by molar-refractivity contribution is -0.118. The lowest BCUT2D eigenvalue weighted by Gasteiger charge is -2.32. The minimum atomic E-state index is 0.000696. The molecule has 0 bridgehead atoms. The average molecular weight is 349 g/mol. The molecule has 0 aromatic carbocycles. The zero-order valence-electron chi connectivity index (χ0n) is 16.7. The normalized spacial score (nSPS) is 18.0. The third-order valence-electron chi connectivity index (χ3n) is 4.44. The summed E-state index contributed by atoms with van der Waals surface area (Å²) < 4.78 is 5.34. The van der Waals surface area contributed by atoms with Gasteiger partial charge in [-0.15, -0.1) is 0 Å². The number of amides is 1. The average Bonchev–Trinajstić information content (AvgIpc) is 2.55. The van der Waals surface area contributed by atoms with Crippen molar-refractivity contribution in [2.24, 2.45) is 0 Å². The topological polar surface area (TPSA) is 41.6 Å². The molecule has 0 radical (unpaired) electrons. The second-order valence-electron chi connectivity index (χ2n) is 7.23. The maximum absolute atomic E-state index is 12.1. The second-order valence-corrected chi connectivity index (χ2v) is 7.23. The van der Waals surface area contributed by atoms with Gasteiger partial charge in [0.15, 0.2) is 0 Å². The zero-order chi connectivity index (χ0) is 18.7. The Morgan fingerprint density at radius 2 is 1.64 bits per heavy atom. The van der Waals surface area contributed by atoms with Crippen LogP contribution in [0.4, 0.5) is 0 Å². The van der Waals surface area contributed by atoms with Crippen molar-refractivity contribution in [3.05, 3.63) is 34.9 Å². The Balaban J connectivity index is 2.31. The van der Waals surface area contributed by atoms with Crippen molar-refractivity contribution < 1.29 is 9.53 Å². The van der Waals surface area contributed by atoms with E-state index < -0.39 is 0 Å². The molecule has 1 unspecified atom stereocenters. The number of carbonyl (C=O) groups excluding carboxylic acids is 1. The van der Waals surface area contributed by atoms with Crippen molar-refractivity contribution in [1.29, 1.82) is 0 Å². The van der Waals surface area contributed by atoms with Crippen LogP contribution in [-0.2, 0) is 9.53 Å². The van der Waals surface area contributed by atoms with E-state index in [-0.39, 0.29) is 12.1 Å². The van der Waals surface area contributed by atoms with Gasteiger partial charge in [0.25, 0.3) is 0 Å². The quantitative estimate of drug-likeness (QED) is 0.501. The minimum Gasteiger partial charge on any atom is -0.379 e. The van der Waals surface area contributed by atoms with Crippen LogP contribution in [0, 0.1) is 0 Å². The molecule has 0 aromatic heterocycles. The first-order valence-electron chi connectivity index (χ1n) is 9.47.